The molecule has 0 aromatic rings. The molecule has 1 unspecified atom stereocenters. The van der Waals surface area contributed by atoms with Gasteiger partial charge in [0.1, 0.15) is 0 Å². The first-order valence-corrected chi connectivity index (χ1v) is 9.90. The minimum absolute atomic E-state index is 0.195. The van der Waals surface area contributed by atoms with Crippen molar-refractivity contribution in [2.24, 2.45) is 5.73 Å². The van der Waals surface area contributed by atoms with Crippen LogP contribution in [-0.4, -0.2) is 30.8 Å². The molecular formula is C19H42N2O. The van der Waals surface area contributed by atoms with Crippen LogP contribution in [0.5, 0.6) is 0 Å². The SMILES string of the molecule is CCCCCCCCCCCCCCCC(O)CNCCN. The van der Waals surface area contributed by atoms with Gasteiger partial charge in [0, 0.05) is 19.6 Å². The molecule has 1 atom stereocenters. The highest BCUT2D eigenvalue weighted by molar-refractivity contribution is 4.60. The molecule has 0 aromatic carbocycles. The lowest BCUT2D eigenvalue weighted by molar-refractivity contribution is 0.158. The Kier molecular flexibility index (Phi) is 18.8. The fourth-order valence-corrected chi connectivity index (χ4v) is 2.87. The van der Waals surface area contributed by atoms with E-state index in [1.807, 2.05) is 0 Å². The molecule has 22 heavy (non-hydrogen) atoms. The van der Waals surface area contributed by atoms with Crippen LogP contribution in [0.3, 0.4) is 0 Å². The van der Waals surface area contributed by atoms with Crippen molar-refractivity contribution in [2.75, 3.05) is 19.6 Å². The van der Waals surface area contributed by atoms with Crippen molar-refractivity contribution >= 4 is 0 Å². The van der Waals surface area contributed by atoms with Gasteiger partial charge in [-0.3, -0.25) is 0 Å². The van der Waals surface area contributed by atoms with Gasteiger partial charge in [-0.15, -0.1) is 0 Å². The molecule has 0 amide bonds. The zero-order valence-corrected chi connectivity index (χ0v) is 15.1. The Morgan fingerprint density at radius 1 is 0.773 bits per heavy atom. The smallest absolute Gasteiger partial charge is 0.0664 e. The third-order valence-corrected chi connectivity index (χ3v) is 4.34. The van der Waals surface area contributed by atoms with Crippen molar-refractivity contribution in [3.8, 4) is 0 Å². The fraction of sp³-hybridized carbons (Fsp3) is 1.00. The van der Waals surface area contributed by atoms with Gasteiger partial charge in [0.05, 0.1) is 6.10 Å². The van der Waals surface area contributed by atoms with Crippen molar-refractivity contribution < 1.29 is 5.11 Å². The number of aliphatic hydroxyl groups excluding tert-OH is 1. The minimum Gasteiger partial charge on any atom is -0.392 e. The minimum atomic E-state index is -0.195. The molecule has 0 fully saturated rings. The van der Waals surface area contributed by atoms with Gasteiger partial charge < -0.3 is 16.2 Å². The largest absolute Gasteiger partial charge is 0.392 e. The topological polar surface area (TPSA) is 58.3 Å². The van der Waals surface area contributed by atoms with Crippen molar-refractivity contribution in [1.82, 2.24) is 5.32 Å². The Bertz CT molecular complexity index is 200. The molecule has 4 N–H and O–H groups in total. The lowest BCUT2D eigenvalue weighted by Crippen LogP contribution is -2.30. The van der Waals surface area contributed by atoms with E-state index in [9.17, 15) is 5.11 Å². The fourth-order valence-electron chi connectivity index (χ4n) is 2.87. The summed E-state index contributed by atoms with van der Waals surface area (Å²) in [5.74, 6) is 0. The summed E-state index contributed by atoms with van der Waals surface area (Å²) in [5, 5.41) is 12.9. The van der Waals surface area contributed by atoms with E-state index in [4.69, 9.17) is 5.73 Å². The average molecular weight is 315 g/mol. The van der Waals surface area contributed by atoms with Gasteiger partial charge >= 0.3 is 0 Å². The van der Waals surface area contributed by atoms with E-state index in [-0.39, 0.29) is 6.10 Å². The van der Waals surface area contributed by atoms with E-state index >= 15 is 0 Å². The molecule has 0 heterocycles. The van der Waals surface area contributed by atoms with Gasteiger partial charge in [-0.1, -0.05) is 90.4 Å². The monoisotopic (exact) mass is 314 g/mol. The van der Waals surface area contributed by atoms with Crippen LogP contribution in [0.4, 0.5) is 0 Å². The molecule has 0 rings (SSSR count). The Balaban J connectivity index is 3.05. The molecular weight excluding hydrogens is 272 g/mol. The van der Waals surface area contributed by atoms with Crippen LogP contribution in [0.2, 0.25) is 0 Å². The van der Waals surface area contributed by atoms with Crippen molar-refractivity contribution in [3.05, 3.63) is 0 Å². The maximum absolute atomic E-state index is 9.75. The van der Waals surface area contributed by atoms with Crippen LogP contribution in [-0.2, 0) is 0 Å². The highest BCUT2D eigenvalue weighted by Gasteiger charge is 2.02. The molecule has 0 saturated carbocycles. The average Bonchev–Trinajstić information content (AvgIpc) is 2.52. The molecule has 0 aliphatic heterocycles. The number of hydrogen-bond donors (Lipinski definition) is 3. The lowest BCUT2D eigenvalue weighted by Gasteiger charge is -2.11. The van der Waals surface area contributed by atoms with E-state index in [0.717, 1.165) is 19.4 Å². The van der Waals surface area contributed by atoms with Gasteiger partial charge in [0.15, 0.2) is 0 Å². The first kappa shape index (κ1) is 21.9. The summed E-state index contributed by atoms with van der Waals surface area (Å²) in [5.41, 5.74) is 5.40. The van der Waals surface area contributed by atoms with Gasteiger partial charge in [-0.05, 0) is 6.42 Å². The molecule has 0 radical (unpaired) electrons. The maximum atomic E-state index is 9.75. The molecule has 134 valence electrons. The van der Waals surface area contributed by atoms with Crippen LogP contribution >= 0.6 is 0 Å². The van der Waals surface area contributed by atoms with Crippen molar-refractivity contribution in [1.29, 1.82) is 0 Å². The third kappa shape index (κ3) is 17.9. The second-order valence-corrected chi connectivity index (χ2v) is 6.68. The van der Waals surface area contributed by atoms with E-state index in [2.05, 4.69) is 12.2 Å². The number of unbranched alkanes of at least 4 members (excludes halogenated alkanes) is 12. The summed E-state index contributed by atoms with van der Waals surface area (Å²) in [6.07, 6.45) is 18.6. The first-order chi connectivity index (χ1) is 10.8. The third-order valence-electron chi connectivity index (χ3n) is 4.34. The molecule has 3 heteroatoms. The first-order valence-electron chi connectivity index (χ1n) is 9.90. The van der Waals surface area contributed by atoms with Gasteiger partial charge in [0.2, 0.25) is 0 Å². The molecule has 0 aromatic heterocycles. The highest BCUT2D eigenvalue weighted by atomic mass is 16.3. The summed E-state index contributed by atoms with van der Waals surface area (Å²) >= 11 is 0. The lowest BCUT2D eigenvalue weighted by atomic mass is 10.0. The summed E-state index contributed by atoms with van der Waals surface area (Å²) in [4.78, 5) is 0. The van der Waals surface area contributed by atoms with Crippen molar-refractivity contribution in [3.63, 3.8) is 0 Å². The molecule has 0 aliphatic rings. The van der Waals surface area contributed by atoms with E-state index in [0.29, 0.717) is 13.1 Å². The highest BCUT2D eigenvalue weighted by Crippen LogP contribution is 2.13. The van der Waals surface area contributed by atoms with E-state index in [1.165, 1.54) is 77.0 Å². The van der Waals surface area contributed by atoms with Crippen LogP contribution in [0.1, 0.15) is 96.8 Å². The predicted molar refractivity (Wildman–Crippen MR) is 98.2 cm³/mol. The van der Waals surface area contributed by atoms with Gasteiger partial charge in [-0.2, -0.15) is 0 Å². The van der Waals surface area contributed by atoms with Crippen molar-refractivity contribution in [2.45, 2.75) is 103 Å². The van der Waals surface area contributed by atoms with Crippen LogP contribution in [0.25, 0.3) is 0 Å². The summed E-state index contributed by atoms with van der Waals surface area (Å²) in [6, 6.07) is 0. The summed E-state index contributed by atoms with van der Waals surface area (Å²) < 4.78 is 0. The number of nitrogens with one attached hydrogen (secondary N) is 1. The van der Waals surface area contributed by atoms with E-state index in [1.54, 1.807) is 0 Å². The Morgan fingerprint density at radius 2 is 1.23 bits per heavy atom. The normalized spacial score (nSPS) is 12.7. The Labute approximate surface area is 139 Å². The van der Waals surface area contributed by atoms with Crippen LogP contribution in [0.15, 0.2) is 0 Å². The zero-order valence-electron chi connectivity index (χ0n) is 15.1. The number of rotatable bonds is 18. The van der Waals surface area contributed by atoms with Crippen LogP contribution < -0.4 is 11.1 Å². The molecule has 3 nitrogen and oxygen atoms in total. The number of aliphatic hydroxyl groups is 1. The van der Waals surface area contributed by atoms with E-state index < -0.39 is 0 Å². The Morgan fingerprint density at radius 3 is 1.68 bits per heavy atom. The van der Waals surface area contributed by atoms with Gasteiger partial charge in [0.25, 0.3) is 0 Å². The molecule has 0 spiro atoms. The second-order valence-electron chi connectivity index (χ2n) is 6.68. The standard InChI is InChI=1S/C19H42N2O/c1-2-3-4-5-6-7-8-9-10-11-12-13-14-15-19(22)18-21-17-16-20/h19,21-22H,2-18,20H2,1H3. The Hall–Kier alpha value is -0.120. The summed E-state index contributed by atoms with van der Waals surface area (Å²) in [7, 11) is 0. The summed E-state index contributed by atoms with van der Waals surface area (Å²) in [6.45, 7) is 4.41. The molecule has 0 bridgehead atoms. The number of nitrogens with two attached hydrogens (primary N) is 1. The quantitative estimate of drug-likeness (QED) is 0.329. The van der Waals surface area contributed by atoms with Gasteiger partial charge in [-0.25, -0.2) is 0 Å². The number of hydrogen-bond acceptors (Lipinski definition) is 3. The second kappa shape index (κ2) is 18.9. The predicted octanol–water partition coefficient (Wildman–Crippen LogP) is 4.38. The molecule has 0 saturated heterocycles. The maximum Gasteiger partial charge on any atom is 0.0664 e. The molecule has 0 aliphatic carbocycles. The zero-order chi connectivity index (χ0) is 16.3. The van der Waals surface area contributed by atoms with Crippen LogP contribution in [0, 0.1) is 0 Å².